The molecule has 6 nitrogen and oxygen atoms in total. The van der Waals surface area contributed by atoms with E-state index in [2.05, 4.69) is 4.74 Å². The van der Waals surface area contributed by atoms with Gasteiger partial charge in [-0.3, -0.25) is 9.59 Å². The highest BCUT2D eigenvalue weighted by molar-refractivity contribution is 7.99. The number of methoxy groups -OCH3 is 1. The summed E-state index contributed by atoms with van der Waals surface area (Å²) < 4.78 is 9.60. The predicted molar refractivity (Wildman–Crippen MR) is 63.1 cm³/mol. The van der Waals surface area contributed by atoms with E-state index < -0.39 is 29.4 Å². The maximum Gasteiger partial charge on any atom is 0.372 e. The third-order valence-corrected chi connectivity index (χ3v) is 3.29. The Hall–Kier alpha value is -1.76. The quantitative estimate of drug-likeness (QED) is 0.586. The minimum absolute atomic E-state index is 0.361. The molecule has 0 bridgehead atoms. The van der Waals surface area contributed by atoms with E-state index in [-0.39, 0.29) is 0 Å². The predicted octanol–water partition coefficient (Wildman–Crippen LogP) is 1.10. The molecule has 1 aromatic heterocycles. The summed E-state index contributed by atoms with van der Waals surface area (Å²) in [6.45, 7) is 0. The van der Waals surface area contributed by atoms with Gasteiger partial charge in [-0.25, -0.2) is 4.79 Å². The molecule has 0 radical (unpaired) electrons. The number of carbonyl (C=O) groups is 3. The highest BCUT2D eigenvalue weighted by atomic mass is 32.2. The first-order chi connectivity index (χ1) is 8.54. The van der Waals surface area contributed by atoms with Crippen molar-refractivity contribution in [2.45, 2.75) is 17.4 Å². The minimum Gasteiger partial charge on any atom is -0.476 e. The van der Waals surface area contributed by atoms with E-state index in [4.69, 9.17) is 9.52 Å². The molecule has 1 atom stereocenters. The number of carboxylic acids is 1. The number of esters is 1. The molecule has 0 spiro atoms. The fourth-order valence-electron chi connectivity index (χ4n) is 1.17. The summed E-state index contributed by atoms with van der Waals surface area (Å²) >= 11 is 1.11. The van der Waals surface area contributed by atoms with Crippen LogP contribution in [0.3, 0.4) is 0 Å². The van der Waals surface area contributed by atoms with Gasteiger partial charge < -0.3 is 14.3 Å². The van der Waals surface area contributed by atoms with Crippen molar-refractivity contribution in [3.63, 3.8) is 0 Å². The fourth-order valence-corrected chi connectivity index (χ4v) is 2.21. The van der Waals surface area contributed by atoms with Gasteiger partial charge in [0.15, 0.2) is 0 Å². The topological polar surface area (TPSA) is 93.8 Å². The monoisotopic (exact) mass is 272 g/mol. The second-order valence-electron chi connectivity index (χ2n) is 3.33. The first kappa shape index (κ1) is 14.3. The van der Waals surface area contributed by atoms with Gasteiger partial charge in [0.2, 0.25) is 5.78 Å². The number of furan rings is 1. The maximum atomic E-state index is 11.4. The van der Waals surface area contributed by atoms with Crippen LogP contribution in [0.25, 0.3) is 0 Å². The van der Waals surface area contributed by atoms with Crippen molar-refractivity contribution >= 4 is 29.5 Å². The first-order valence-electron chi connectivity index (χ1n) is 5.02. The van der Waals surface area contributed by atoms with Crippen molar-refractivity contribution < 1.29 is 28.6 Å². The number of ether oxygens (including phenoxy) is 1. The number of hydrogen-bond acceptors (Lipinski definition) is 6. The average Bonchev–Trinajstić information content (AvgIpc) is 2.85. The second kappa shape index (κ2) is 6.85. The molecule has 0 saturated heterocycles. The van der Waals surface area contributed by atoms with E-state index in [1.165, 1.54) is 13.4 Å². The molecule has 0 aliphatic carbocycles. The van der Waals surface area contributed by atoms with Crippen molar-refractivity contribution in [3.05, 3.63) is 24.2 Å². The summed E-state index contributed by atoms with van der Waals surface area (Å²) in [6.07, 6.45) is 1.10. The van der Waals surface area contributed by atoms with Crippen molar-refractivity contribution in [2.75, 3.05) is 7.11 Å². The van der Waals surface area contributed by atoms with Crippen LogP contribution in [-0.4, -0.2) is 35.2 Å². The Labute approximate surface area is 107 Å². The molecule has 98 valence electrons. The third kappa shape index (κ3) is 4.25. The Balaban J connectivity index is 2.58. The fraction of sp³-hybridized carbons (Fsp3) is 0.364. The molecule has 1 rings (SSSR count). The molecule has 1 heterocycles. The van der Waals surface area contributed by atoms with E-state index in [9.17, 15) is 14.4 Å². The van der Waals surface area contributed by atoms with Crippen molar-refractivity contribution in [2.24, 2.45) is 0 Å². The van der Waals surface area contributed by atoms with Gasteiger partial charge in [-0.1, -0.05) is 0 Å². The molecule has 0 amide bonds. The normalized spacial score (nSPS) is 11.8. The lowest BCUT2D eigenvalue weighted by Crippen LogP contribution is -2.26. The zero-order chi connectivity index (χ0) is 13.5. The molecule has 7 heteroatoms. The first-order valence-corrected chi connectivity index (χ1v) is 6.07. The lowest BCUT2D eigenvalue weighted by Gasteiger charge is -2.11. The van der Waals surface area contributed by atoms with E-state index in [0.717, 1.165) is 11.8 Å². The van der Waals surface area contributed by atoms with Crippen molar-refractivity contribution in [3.8, 4) is 0 Å². The van der Waals surface area contributed by atoms with E-state index >= 15 is 0 Å². The molecule has 0 aliphatic heterocycles. The molecule has 0 fully saturated rings. The van der Waals surface area contributed by atoms with Crippen LogP contribution in [0.5, 0.6) is 0 Å². The van der Waals surface area contributed by atoms with Crippen LogP contribution in [0.1, 0.15) is 12.2 Å². The summed E-state index contributed by atoms with van der Waals surface area (Å²) in [6, 6.07) is 3.42. The number of carboxylic acid groups (broad SMARTS) is 1. The van der Waals surface area contributed by atoms with Gasteiger partial charge in [0, 0.05) is 6.42 Å². The second-order valence-corrected chi connectivity index (χ2v) is 4.53. The number of rotatable bonds is 7. The minimum atomic E-state index is -1.55. The molecular formula is C11H12O6S. The van der Waals surface area contributed by atoms with Crippen molar-refractivity contribution in [1.82, 2.24) is 0 Å². The molecule has 1 aromatic rings. The van der Waals surface area contributed by atoms with Gasteiger partial charge in [0.1, 0.15) is 11.0 Å². The van der Waals surface area contributed by atoms with Gasteiger partial charge in [-0.2, -0.15) is 0 Å². The zero-order valence-corrected chi connectivity index (χ0v) is 10.4. The van der Waals surface area contributed by atoms with Crippen LogP contribution < -0.4 is 0 Å². The number of ketones is 1. The Kier molecular flexibility index (Phi) is 5.44. The van der Waals surface area contributed by atoms with Crippen LogP contribution in [0.15, 0.2) is 22.8 Å². The lowest BCUT2D eigenvalue weighted by atomic mass is 10.2. The van der Waals surface area contributed by atoms with Crippen LogP contribution in [-0.2, 0) is 24.9 Å². The van der Waals surface area contributed by atoms with Gasteiger partial charge >= 0.3 is 11.9 Å². The van der Waals surface area contributed by atoms with E-state index in [1.54, 1.807) is 12.1 Å². The van der Waals surface area contributed by atoms with Crippen LogP contribution >= 0.6 is 11.8 Å². The summed E-state index contributed by atoms with van der Waals surface area (Å²) in [5.41, 5.74) is 0. The molecule has 1 N–H and O–H groups in total. The third-order valence-electron chi connectivity index (χ3n) is 2.08. The number of carbonyl (C=O) groups excluding carboxylic acids is 2. The van der Waals surface area contributed by atoms with Gasteiger partial charge in [-0.05, 0) is 12.1 Å². The summed E-state index contributed by atoms with van der Waals surface area (Å²) in [4.78, 5) is 33.0. The number of Topliss-reactive ketones (excluding diaryl/α,β-unsaturated/α-hetero) is 1. The molecule has 18 heavy (non-hydrogen) atoms. The summed E-state index contributed by atoms with van der Waals surface area (Å²) in [7, 11) is 1.19. The molecule has 0 saturated carbocycles. The summed E-state index contributed by atoms with van der Waals surface area (Å²) in [5.74, 6) is -2.20. The van der Waals surface area contributed by atoms with Gasteiger partial charge in [0.25, 0.3) is 0 Å². The maximum absolute atomic E-state index is 11.4. The molecule has 0 aromatic carbocycles. The van der Waals surface area contributed by atoms with E-state index in [0.29, 0.717) is 11.5 Å². The molecule has 0 aliphatic rings. The van der Waals surface area contributed by atoms with Crippen LogP contribution in [0.2, 0.25) is 0 Å². The number of thioether (sulfide) groups is 1. The Morgan fingerprint density at radius 1 is 1.50 bits per heavy atom. The molecule has 1 unspecified atom stereocenters. The zero-order valence-electron chi connectivity index (χ0n) is 9.62. The van der Waals surface area contributed by atoms with Crippen molar-refractivity contribution in [1.29, 1.82) is 0 Å². The SMILES string of the molecule is COC(=O)C(CC(=O)C(=O)O)SCc1ccco1. The Morgan fingerprint density at radius 3 is 2.72 bits per heavy atom. The van der Waals surface area contributed by atoms with Gasteiger partial charge in [0.05, 0.1) is 19.1 Å². The largest absolute Gasteiger partial charge is 0.476 e. The smallest absolute Gasteiger partial charge is 0.372 e. The Bertz CT molecular complexity index is 425. The van der Waals surface area contributed by atoms with Crippen LogP contribution in [0, 0.1) is 0 Å². The lowest BCUT2D eigenvalue weighted by molar-refractivity contribution is -0.150. The highest BCUT2D eigenvalue weighted by Crippen LogP contribution is 2.22. The standard InChI is InChI=1S/C11H12O6S/c1-16-11(15)9(5-8(12)10(13)14)18-6-7-3-2-4-17-7/h2-4,9H,5-6H2,1H3,(H,13,14). The summed E-state index contributed by atoms with van der Waals surface area (Å²) in [5, 5.41) is 7.66. The van der Waals surface area contributed by atoms with Crippen LogP contribution in [0.4, 0.5) is 0 Å². The number of hydrogen-bond donors (Lipinski definition) is 1. The van der Waals surface area contributed by atoms with E-state index in [1.807, 2.05) is 0 Å². The number of aliphatic carboxylic acids is 1. The highest BCUT2D eigenvalue weighted by Gasteiger charge is 2.26. The average molecular weight is 272 g/mol. The van der Waals surface area contributed by atoms with Gasteiger partial charge in [-0.15, -0.1) is 11.8 Å². The molecular weight excluding hydrogens is 260 g/mol. The Morgan fingerprint density at radius 2 is 2.22 bits per heavy atom.